The molecule has 208 valence electrons. The van der Waals surface area contributed by atoms with Crippen molar-refractivity contribution in [1.29, 1.82) is 0 Å². The van der Waals surface area contributed by atoms with Crippen LogP contribution in [-0.4, -0.2) is 15.5 Å². The van der Waals surface area contributed by atoms with Gasteiger partial charge in [0, 0.05) is 42.0 Å². The predicted molar refractivity (Wildman–Crippen MR) is 161 cm³/mol. The van der Waals surface area contributed by atoms with Crippen molar-refractivity contribution in [2.24, 2.45) is 13.0 Å². The molecule has 3 aromatic carbocycles. The van der Waals surface area contributed by atoms with Gasteiger partial charge >= 0.3 is 0 Å². The smallest absolute Gasteiger partial charge is 0.231 e. The maximum Gasteiger partial charge on any atom is 0.231 e. The summed E-state index contributed by atoms with van der Waals surface area (Å²) < 4.78 is 19.2. The Morgan fingerprint density at radius 3 is 2.67 bits per heavy atom. The van der Waals surface area contributed by atoms with Crippen molar-refractivity contribution in [1.82, 2.24) is 14.3 Å². The molecule has 1 heterocycles. The highest BCUT2D eigenvalue weighted by molar-refractivity contribution is 7.97. The first-order valence-electron chi connectivity index (χ1n) is 14.2. The Labute approximate surface area is 241 Å². The van der Waals surface area contributed by atoms with E-state index in [2.05, 4.69) is 40.0 Å². The van der Waals surface area contributed by atoms with Crippen molar-refractivity contribution in [2.45, 2.75) is 62.9 Å². The lowest BCUT2D eigenvalue weighted by Crippen LogP contribution is -2.33. The van der Waals surface area contributed by atoms with Gasteiger partial charge in [-0.1, -0.05) is 56.3 Å². The normalized spacial score (nSPS) is 19.2. The Morgan fingerprint density at radius 1 is 1.10 bits per heavy atom. The third-order valence-corrected chi connectivity index (χ3v) is 8.58. The summed E-state index contributed by atoms with van der Waals surface area (Å²) in [6, 6.07) is 23.5. The number of nitrogens with one attached hydrogen (secondary N) is 1. The fourth-order valence-corrected chi connectivity index (χ4v) is 6.31. The van der Waals surface area contributed by atoms with Crippen LogP contribution in [0, 0.1) is 11.7 Å². The van der Waals surface area contributed by atoms with Crippen LogP contribution in [0.2, 0.25) is 0 Å². The Hall–Kier alpha value is -3.42. The SMILES string of the molecule is CC.Cn1ccnc1CN(C(=O)[C@H]1C[C@@H]1c1ccccc1)c1ccc2c(c1)C(NSc1cccc(F)c1)CCC2. The van der Waals surface area contributed by atoms with E-state index in [0.717, 1.165) is 42.1 Å². The summed E-state index contributed by atoms with van der Waals surface area (Å²) in [5.74, 6) is 1.01. The first-order valence-corrected chi connectivity index (χ1v) is 15.0. The van der Waals surface area contributed by atoms with Crippen LogP contribution < -0.4 is 9.62 Å². The molecular weight excluding hydrogens is 519 g/mol. The predicted octanol–water partition coefficient (Wildman–Crippen LogP) is 7.60. The number of halogens is 1. The van der Waals surface area contributed by atoms with Crippen molar-refractivity contribution in [3.8, 4) is 0 Å². The van der Waals surface area contributed by atoms with Crippen LogP contribution >= 0.6 is 11.9 Å². The number of carbonyl (C=O) groups excluding carboxylic acids is 1. The molecule has 2 aliphatic rings. The van der Waals surface area contributed by atoms with Crippen LogP contribution in [0.5, 0.6) is 0 Å². The molecule has 40 heavy (non-hydrogen) atoms. The molecule has 4 aromatic rings. The second kappa shape index (κ2) is 12.8. The van der Waals surface area contributed by atoms with Gasteiger partial charge in [-0.3, -0.25) is 9.52 Å². The first-order chi connectivity index (χ1) is 19.6. The van der Waals surface area contributed by atoms with E-state index in [1.54, 1.807) is 18.3 Å². The van der Waals surface area contributed by atoms with Crippen LogP contribution in [-0.2, 0) is 24.8 Å². The molecule has 0 aliphatic heterocycles. The number of rotatable bonds is 8. The Morgan fingerprint density at radius 2 is 1.93 bits per heavy atom. The van der Waals surface area contributed by atoms with Gasteiger partial charge in [0.05, 0.1) is 6.54 Å². The van der Waals surface area contributed by atoms with Gasteiger partial charge < -0.3 is 9.47 Å². The summed E-state index contributed by atoms with van der Waals surface area (Å²) in [5, 5.41) is 0. The number of anilines is 1. The van der Waals surface area contributed by atoms with Crippen molar-refractivity contribution < 1.29 is 9.18 Å². The highest BCUT2D eigenvalue weighted by Crippen LogP contribution is 2.49. The number of imidazole rings is 1. The van der Waals surface area contributed by atoms with E-state index in [0.29, 0.717) is 6.54 Å². The topological polar surface area (TPSA) is 50.2 Å². The molecule has 0 saturated heterocycles. The molecule has 3 atom stereocenters. The third kappa shape index (κ3) is 6.31. The van der Waals surface area contributed by atoms with E-state index in [-0.39, 0.29) is 29.6 Å². The van der Waals surface area contributed by atoms with Crippen molar-refractivity contribution in [3.05, 3.63) is 114 Å². The van der Waals surface area contributed by atoms with E-state index < -0.39 is 0 Å². The third-order valence-electron chi connectivity index (χ3n) is 7.69. The average molecular weight is 557 g/mol. The van der Waals surface area contributed by atoms with Crippen molar-refractivity contribution in [3.63, 3.8) is 0 Å². The summed E-state index contributed by atoms with van der Waals surface area (Å²) in [6.45, 7) is 4.43. The standard InChI is InChI=1S/C31H31FN4OS.C2H6/c1-35-16-15-33-30(35)20-36(31(37)28-19-26(28)21-7-3-2-4-8-21)24-14-13-22-9-5-12-29(27(22)18-24)34-38-25-11-6-10-23(32)17-25;1-2/h2-4,6-8,10-11,13-18,26,28-29,34H,5,9,12,19-20H2,1H3;1-2H3/t26-,28+,29?;/m1./s1. The minimum atomic E-state index is -0.236. The molecule has 0 radical (unpaired) electrons. The maximum atomic E-state index is 14.0. The largest absolute Gasteiger partial charge is 0.337 e. The molecular formula is C33H37FN4OS. The van der Waals surface area contributed by atoms with Gasteiger partial charge in [0.2, 0.25) is 5.91 Å². The van der Waals surface area contributed by atoms with Crippen molar-refractivity contribution in [2.75, 3.05) is 4.90 Å². The second-order valence-electron chi connectivity index (χ2n) is 10.2. The van der Waals surface area contributed by atoms with E-state index in [1.165, 1.54) is 34.7 Å². The van der Waals surface area contributed by atoms with E-state index in [9.17, 15) is 9.18 Å². The second-order valence-corrected chi connectivity index (χ2v) is 11.2. The van der Waals surface area contributed by atoms with Gasteiger partial charge in [0.15, 0.2) is 0 Å². The molecule has 5 nitrogen and oxygen atoms in total. The highest BCUT2D eigenvalue weighted by atomic mass is 32.2. The van der Waals surface area contributed by atoms with Gasteiger partial charge in [-0.05, 0) is 90.6 Å². The van der Waals surface area contributed by atoms with Gasteiger partial charge in [0.1, 0.15) is 11.6 Å². The van der Waals surface area contributed by atoms with Gasteiger partial charge in [-0.2, -0.15) is 0 Å². The van der Waals surface area contributed by atoms with Crippen molar-refractivity contribution >= 4 is 23.5 Å². The first kappa shape index (κ1) is 28.1. The van der Waals surface area contributed by atoms with E-state index in [4.69, 9.17) is 0 Å². The van der Waals surface area contributed by atoms with E-state index >= 15 is 0 Å². The van der Waals surface area contributed by atoms with Crippen LogP contribution in [0.3, 0.4) is 0 Å². The summed E-state index contributed by atoms with van der Waals surface area (Å²) in [6.07, 6.45) is 7.66. The molecule has 1 saturated carbocycles. The lowest BCUT2D eigenvalue weighted by atomic mass is 9.87. The molecule has 1 unspecified atom stereocenters. The average Bonchev–Trinajstić information content (AvgIpc) is 3.70. The number of hydrogen-bond donors (Lipinski definition) is 1. The number of amides is 1. The fourth-order valence-electron chi connectivity index (χ4n) is 5.47. The number of carbonyl (C=O) groups is 1. The number of aryl methyl sites for hydroxylation is 2. The highest BCUT2D eigenvalue weighted by Gasteiger charge is 2.46. The van der Waals surface area contributed by atoms with Gasteiger partial charge in [0.25, 0.3) is 0 Å². The number of nitrogens with zero attached hydrogens (tertiary/aromatic N) is 3. The van der Waals surface area contributed by atoms with Crippen LogP contribution in [0.4, 0.5) is 10.1 Å². The zero-order valence-electron chi connectivity index (χ0n) is 23.4. The minimum Gasteiger partial charge on any atom is -0.337 e. The van der Waals surface area contributed by atoms with Crippen LogP contribution in [0.1, 0.15) is 67.6 Å². The monoisotopic (exact) mass is 556 g/mol. The number of aromatic nitrogens is 2. The summed E-state index contributed by atoms with van der Waals surface area (Å²) in [4.78, 5) is 21.2. The van der Waals surface area contributed by atoms with E-state index in [1.807, 2.05) is 60.8 Å². The molecule has 1 N–H and O–H groups in total. The Kier molecular flexibility index (Phi) is 9.02. The van der Waals surface area contributed by atoms with Crippen LogP contribution in [0.15, 0.2) is 90.1 Å². The lowest BCUT2D eigenvalue weighted by Gasteiger charge is -2.29. The lowest BCUT2D eigenvalue weighted by molar-refractivity contribution is -0.120. The van der Waals surface area contributed by atoms with Gasteiger partial charge in [-0.15, -0.1) is 0 Å². The number of benzene rings is 3. The maximum absolute atomic E-state index is 14.0. The summed E-state index contributed by atoms with van der Waals surface area (Å²) >= 11 is 1.46. The molecule has 1 aromatic heterocycles. The Bertz CT molecular complexity index is 1440. The number of fused-ring (bicyclic) bond motifs is 1. The number of hydrogen-bond acceptors (Lipinski definition) is 4. The molecule has 1 amide bonds. The van der Waals surface area contributed by atoms with Gasteiger partial charge in [-0.25, -0.2) is 9.37 Å². The quantitative estimate of drug-likeness (QED) is 0.227. The zero-order chi connectivity index (χ0) is 28.1. The fraction of sp³-hybridized carbons (Fsp3) is 0.333. The summed E-state index contributed by atoms with van der Waals surface area (Å²) in [5.41, 5.74) is 4.65. The molecule has 0 bridgehead atoms. The molecule has 2 aliphatic carbocycles. The molecule has 1 fully saturated rings. The zero-order valence-corrected chi connectivity index (χ0v) is 24.2. The molecule has 6 rings (SSSR count). The molecule has 7 heteroatoms. The Balaban J connectivity index is 0.00000158. The summed E-state index contributed by atoms with van der Waals surface area (Å²) in [7, 11) is 1.96. The van der Waals surface area contributed by atoms with Crippen LogP contribution in [0.25, 0.3) is 0 Å². The minimum absolute atomic E-state index is 0.0221. The molecule has 0 spiro atoms.